The van der Waals surface area contributed by atoms with Crippen LogP contribution < -0.4 is 5.73 Å². The maximum atomic E-state index is 6.01. The second-order valence-corrected chi connectivity index (χ2v) is 5.39. The fraction of sp³-hybridized carbons (Fsp3) is 0.357. The average Bonchev–Trinajstić information content (AvgIpc) is 2.71. The largest absolute Gasteiger partial charge is 0.398 e. The van der Waals surface area contributed by atoms with Crippen molar-refractivity contribution in [3.63, 3.8) is 0 Å². The first-order chi connectivity index (χ1) is 9.15. The molecule has 2 aromatic rings. The molecule has 100 valence electrons. The first kappa shape index (κ1) is 12.5. The minimum absolute atomic E-state index is 0.677. The normalized spacial score (nSPS) is 15.5. The van der Waals surface area contributed by atoms with Gasteiger partial charge in [-0.25, -0.2) is 4.98 Å². The monoisotopic (exact) mass is 276 g/mol. The molecule has 0 unspecified atom stereocenters. The van der Waals surface area contributed by atoms with Gasteiger partial charge in [-0.3, -0.25) is 4.90 Å². The summed E-state index contributed by atoms with van der Waals surface area (Å²) in [6.45, 7) is 2.74. The van der Waals surface area contributed by atoms with Gasteiger partial charge < -0.3 is 10.3 Å². The first-order valence-electron chi connectivity index (χ1n) is 6.40. The van der Waals surface area contributed by atoms with E-state index in [1.54, 1.807) is 6.20 Å². The van der Waals surface area contributed by atoms with Crippen molar-refractivity contribution >= 4 is 17.3 Å². The van der Waals surface area contributed by atoms with Gasteiger partial charge in [0.25, 0.3) is 0 Å². The van der Waals surface area contributed by atoms with Crippen molar-refractivity contribution in [2.24, 2.45) is 7.05 Å². The van der Waals surface area contributed by atoms with E-state index >= 15 is 0 Å². The first-order valence-corrected chi connectivity index (χ1v) is 6.77. The predicted molar refractivity (Wildman–Crippen MR) is 76.9 cm³/mol. The van der Waals surface area contributed by atoms with Crippen LogP contribution in [-0.4, -0.2) is 21.0 Å². The molecule has 0 spiro atoms. The van der Waals surface area contributed by atoms with E-state index in [0.717, 1.165) is 37.6 Å². The van der Waals surface area contributed by atoms with E-state index in [2.05, 4.69) is 16.0 Å². The zero-order valence-corrected chi connectivity index (χ0v) is 11.7. The van der Waals surface area contributed by atoms with Gasteiger partial charge in [-0.15, -0.1) is 0 Å². The Morgan fingerprint density at radius 2 is 2.26 bits per heavy atom. The molecule has 1 aromatic carbocycles. The molecule has 0 aliphatic carbocycles. The van der Waals surface area contributed by atoms with Crippen LogP contribution in [0.2, 0.25) is 5.15 Å². The van der Waals surface area contributed by atoms with Crippen molar-refractivity contribution in [2.75, 3.05) is 12.3 Å². The number of nitrogens with two attached hydrogens (primary N) is 1. The van der Waals surface area contributed by atoms with Crippen LogP contribution in [0.5, 0.6) is 0 Å². The molecule has 2 N–H and O–H groups in total. The smallest absolute Gasteiger partial charge is 0.128 e. The topological polar surface area (TPSA) is 47.1 Å². The highest BCUT2D eigenvalue weighted by Crippen LogP contribution is 2.25. The van der Waals surface area contributed by atoms with E-state index in [1.165, 1.54) is 11.1 Å². The molecule has 0 bridgehead atoms. The average molecular weight is 277 g/mol. The van der Waals surface area contributed by atoms with Crippen LogP contribution in [0.1, 0.15) is 17.0 Å². The highest BCUT2D eigenvalue weighted by atomic mass is 35.5. The van der Waals surface area contributed by atoms with E-state index in [9.17, 15) is 0 Å². The number of benzene rings is 1. The Kier molecular flexibility index (Phi) is 3.21. The summed E-state index contributed by atoms with van der Waals surface area (Å²) >= 11 is 6.01. The molecule has 0 amide bonds. The lowest BCUT2D eigenvalue weighted by atomic mass is 9.98. The fourth-order valence-electron chi connectivity index (χ4n) is 2.60. The van der Waals surface area contributed by atoms with Gasteiger partial charge in [0, 0.05) is 25.8 Å². The Labute approximate surface area is 117 Å². The Balaban J connectivity index is 1.77. The summed E-state index contributed by atoms with van der Waals surface area (Å²) in [5.41, 5.74) is 9.56. The van der Waals surface area contributed by atoms with Crippen molar-refractivity contribution in [3.05, 3.63) is 46.5 Å². The number of anilines is 1. The maximum Gasteiger partial charge on any atom is 0.128 e. The molecule has 5 heteroatoms. The fourth-order valence-corrected chi connectivity index (χ4v) is 2.75. The zero-order valence-electron chi connectivity index (χ0n) is 10.9. The number of fused-ring (bicyclic) bond motifs is 1. The number of hydrogen-bond donors (Lipinski definition) is 1. The summed E-state index contributed by atoms with van der Waals surface area (Å²) in [5, 5.41) is 0.677. The van der Waals surface area contributed by atoms with Crippen molar-refractivity contribution in [2.45, 2.75) is 19.5 Å². The quantitative estimate of drug-likeness (QED) is 0.856. The van der Waals surface area contributed by atoms with Crippen molar-refractivity contribution in [1.82, 2.24) is 14.5 Å². The zero-order chi connectivity index (χ0) is 13.4. The Morgan fingerprint density at radius 1 is 1.42 bits per heavy atom. The van der Waals surface area contributed by atoms with Gasteiger partial charge in [-0.2, -0.15) is 0 Å². The third-order valence-electron chi connectivity index (χ3n) is 3.77. The van der Waals surface area contributed by atoms with Crippen LogP contribution in [0.25, 0.3) is 0 Å². The summed E-state index contributed by atoms with van der Waals surface area (Å²) in [6, 6.07) is 6.16. The number of nitrogen functional groups attached to an aromatic ring is 1. The van der Waals surface area contributed by atoms with Gasteiger partial charge >= 0.3 is 0 Å². The van der Waals surface area contributed by atoms with Gasteiger partial charge in [-0.1, -0.05) is 23.7 Å². The summed E-state index contributed by atoms with van der Waals surface area (Å²) < 4.78 is 1.93. The number of hydrogen-bond acceptors (Lipinski definition) is 3. The molecule has 0 saturated carbocycles. The molecular formula is C14H17ClN4. The second-order valence-electron chi connectivity index (χ2n) is 5.00. The summed E-state index contributed by atoms with van der Waals surface area (Å²) in [6.07, 6.45) is 2.70. The van der Waals surface area contributed by atoms with Crippen LogP contribution >= 0.6 is 11.6 Å². The molecule has 0 saturated heterocycles. The summed E-state index contributed by atoms with van der Waals surface area (Å²) in [4.78, 5) is 6.72. The Morgan fingerprint density at radius 3 is 3.00 bits per heavy atom. The standard InChI is InChI=1S/C14H17ClN4/c1-18-13(15)7-17-14(18)9-19-6-5-11-10(8-19)3-2-4-12(11)16/h2-4,7H,5-6,8-9,16H2,1H3. The molecular weight excluding hydrogens is 260 g/mol. The van der Waals surface area contributed by atoms with Crippen LogP contribution in [0, 0.1) is 0 Å². The minimum atomic E-state index is 0.677. The molecule has 3 rings (SSSR count). The summed E-state index contributed by atoms with van der Waals surface area (Å²) in [7, 11) is 1.94. The number of imidazole rings is 1. The van der Waals surface area contributed by atoms with Gasteiger partial charge in [0.2, 0.25) is 0 Å². The number of nitrogens with zero attached hydrogens (tertiary/aromatic N) is 3. The third kappa shape index (κ3) is 2.33. The van der Waals surface area contributed by atoms with Gasteiger partial charge in [-0.05, 0) is 23.6 Å². The Bertz CT molecular complexity index is 605. The molecule has 0 fully saturated rings. The number of rotatable bonds is 2. The minimum Gasteiger partial charge on any atom is -0.398 e. The van der Waals surface area contributed by atoms with Crippen LogP contribution in [-0.2, 0) is 26.6 Å². The SMILES string of the molecule is Cn1c(Cl)cnc1CN1CCc2c(N)cccc2C1. The van der Waals surface area contributed by atoms with E-state index < -0.39 is 0 Å². The molecule has 4 nitrogen and oxygen atoms in total. The van der Waals surface area contributed by atoms with Crippen LogP contribution in [0.4, 0.5) is 5.69 Å². The van der Waals surface area contributed by atoms with Gasteiger partial charge in [0.05, 0.1) is 12.7 Å². The molecule has 2 heterocycles. The predicted octanol–water partition coefficient (Wildman–Crippen LogP) is 2.21. The molecule has 1 aliphatic heterocycles. The van der Waals surface area contributed by atoms with Crippen molar-refractivity contribution < 1.29 is 0 Å². The van der Waals surface area contributed by atoms with Crippen molar-refractivity contribution in [1.29, 1.82) is 0 Å². The number of halogens is 1. The number of aromatic nitrogens is 2. The second kappa shape index (κ2) is 4.87. The van der Waals surface area contributed by atoms with E-state index in [4.69, 9.17) is 17.3 Å². The maximum absolute atomic E-state index is 6.01. The Hall–Kier alpha value is -1.52. The molecule has 1 aromatic heterocycles. The highest BCUT2D eigenvalue weighted by molar-refractivity contribution is 6.29. The molecule has 0 radical (unpaired) electrons. The highest BCUT2D eigenvalue weighted by Gasteiger charge is 2.19. The van der Waals surface area contributed by atoms with Gasteiger partial charge in [0.1, 0.15) is 11.0 Å². The van der Waals surface area contributed by atoms with Gasteiger partial charge in [0.15, 0.2) is 0 Å². The van der Waals surface area contributed by atoms with E-state index in [-0.39, 0.29) is 0 Å². The molecule has 19 heavy (non-hydrogen) atoms. The summed E-state index contributed by atoms with van der Waals surface area (Å²) in [5.74, 6) is 0.998. The van der Waals surface area contributed by atoms with Crippen molar-refractivity contribution in [3.8, 4) is 0 Å². The molecule has 1 aliphatic rings. The lowest BCUT2D eigenvalue weighted by molar-refractivity contribution is 0.237. The third-order valence-corrected chi connectivity index (χ3v) is 4.13. The lowest BCUT2D eigenvalue weighted by Crippen LogP contribution is -2.31. The van der Waals surface area contributed by atoms with E-state index in [0.29, 0.717) is 5.15 Å². The lowest BCUT2D eigenvalue weighted by Gasteiger charge is -2.29. The molecule has 0 atom stereocenters. The van der Waals surface area contributed by atoms with E-state index in [1.807, 2.05) is 23.7 Å². The van der Waals surface area contributed by atoms with Crippen LogP contribution in [0.15, 0.2) is 24.4 Å². The van der Waals surface area contributed by atoms with Crippen LogP contribution in [0.3, 0.4) is 0 Å².